The average molecular weight is 273 g/mol. The fraction of sp³-hybridized carbons (Fsp3) is 0.273. The van der Waals surface area contributed by atoms with E-state index in [-0.39, 0.29) is 16.9 Å². The van der Waals surface area contributed by atoms with E-state index in [1.807, 2.05) is 0 Å². The third kappa shape index (κ3) is 3.36. The van der Waals surface area contributed by atoms with Gasteiger partial charge in [-0.15, -0.1) is 0 Å². The van der Waals surface area contributed by atoms with Crippen LogP contribution < -0.4 is 5.73 Å². The van der Waals surface area contributed by atoms with Gasteiger partial charge in [0, 0.05) is 21.9 Å². The van der Waals surface area contributed by atoms with Crippen LogP contribution in [0.2, 0.25) is 0 Å². The minimum absolute atomic E-state index is 0.0118. The molecule has 2 unspecified atom stereocenters. The van der Waals surface area contributed by atoms with E-state index < -0.39 is 33.7 Å². The number of hydrogen-bond acceptors (Lipinski definition) is 3. The minimum Gasteiger partial charge on any atom is -0.480 e. The summed E-state index contributed by atoms with van der Waals surface area (Å²) in [6, 6.07) is 3.44. The molecule has 0 aliphatic carbocycles. The number of nitrogens with two attached hydrogens (primary N) is 1. The van der Waals surface area contributed by atoms with Crippen LogP contribution in [0, 0.1) is 5.82 Å². The zero-order chi connectivity index (χ0) is 13.9. The minimum atomic E-state index is -1.77. The molecule has 0 bridgehead atoms. The highest BCUT2D eigenvalue weighted by Gasteiger charge is 2.20. The van der Waals surface area contributed by atoms with Crippen molar-refractivity contribution in [2.45, 2.75) is 17.9 Å². The van der Waals surface area contributed by atoms with Gasteiger partial charge in [0.25, 0.3) is 0 Å². The number of halogens is 1. The summed E-state index contributed by atoms with van der Waals surface area (Å²) in [5.41, 5.74) is 5.14. The zero-order valence-corrected chi connectivity index (χ0v) is 10.4. The molecule has 7 heteroatoms. The van der Waals surface area contributed by atoms with Gasteiger partial charge < -0.3 is 10.8 Å². The van der Waals surface area contributed by atoms with Crippen LogP contribution in [0.3, 0.4) is 0 Å². The quantitative estimate of drug-likeness (QED) is 0.822. The third-order valence-corrected chi connectivity index (χ3v) is 3.96. The molecule has 1 rings (SSSR count). The second kappa shape index (κ2) is 5.72. The molecule has 18 heavy (non-hydrogen) atoms. The van der Waals surface area contributed by atoms with Crippen molar-refractivity contribution in [2.75, 3.05) is 0 Å². The van der Waals surface area contributed by atoms with Crippen LogP contribution in [-0.2, 0) is 21.3 Å². The smallest absolute Gasteiger partial charge is 0.318 e. The Labute approximate surface area is 105 Å². The van der Waals surface area contributed by atoms with E-state index in [0.717, 1.165) is 6.07 Å². The number of rotatable bonds is 5. The molecule has 0 aliphatic rings. The molecule has 1 aromatic rings. The van der Waals surface area contributed by atoms with Gasteiger partial charge in [0.2, 0.25) is 5.91 Å². The van der Waals surface area contributed by atoms with E-state index in [1.165, 1.54) is 19.1 Å². The highest BCUT2D eigenvalue weighted by molar-refractivity contribution is 7.85. The molecule has 0 saturated carbocycles. The number of carboxylic acid groups (broad SMARTS) is 1. The molecule has 1 aromatic carbocycles. The molecule has 0 aromatic heterocycles. The molecule has 0 spiro atoms. The summed E-state index contributed by atoms with van der Waals surface area (Å²) in [6.07, 6.45) is 0. The number of amides is 1. The number of benzene rings is 1. The van der Waals surface area contributed by atoms with Crippen molar-refractivity contribution in [2.24, 2.45) is 5.73 Å². The van der Waals surface area contributed by atoms with Crippen LogP contribution >= 0.6 is 0 Å². The van der Waals surface area contributed by atoms with Crippen LogP contribution in [0.25, 0.3) is 0 Å². The second-order valence-corrected chi connectivity index (χ2v) is 5.43. The van der Waals surface area contributed by atoms with Crippen LogP contribution in [0.1, 0.15) is 22.8 Å². The number of carbonyl (C=O) groups excluding carboxylic acids is 1. The Balaban J connectivity index is 2.97. The van der Waals surface area contributed by atoms with Crippen molar-refractivity contribution in [3.8, 4) is 0 Å². The summed E-state index contributed by atoms with van der Waals surface area (Å²) in [6.45, 7) is 1.27. The van der Waals surface area contributed by atoms with Crippen LogP contribution in [0.15, 0.2) is 18.2 Å². The third-order valence-electron chi connectivity index (χ3n) is 2.37. The second-order valence-electron chi connectivity index (χ2n) is 3.68. The van der Waals surface area contributed by atoms with Crippen molar-refractivity contribution in [3.05, 3.63) is 35.1 Å². The highest BCUT2D eigenvalue weighted by atomic mass is 32.2. The number of hydrogen-bond donors (Lipinski definition) is 2. The Bertz CT molecular complexity index is 518. The lowest BCUT2D eigenvalue weighted by atomic mass is 10.1. The molecular formula is C11H12FNO4S. The standard InChI is InChI=1S/C11H12FNO4S/c1-6(11(15)16)18(17)5-8-4-7(10(13)14)2-3-9(8)12/h2-4,6H,5H2,1H3,(H2,13,14)(H,15,16). The Hall–Kier alpha value is -1.76. The van der Waals surface area contributed by atoms with Gasteiger partial charge in [-0.2, -0.15) is 0 Å². The van der Waals surface area contributed by atoms with Crippen LogP contribution in [0.4, 0.5) is 4.39 Å². The summed E-state index contributed by atoms with van der Waals surface area (Å²) in [4.78, 5) is 21.6. The fourth-order valence-corrected chi connectivity index (χ4v) is 2.23. The van der Waals surface area contributed by atoms with E-state index in [4.69, 9.17) is 10.8 Å². The molecule has 0 heterocycles. The molecule has 98 valence electrons. The predicted octanol–water partition coefficient (Wildman–Crippen LogP) is 0.646. The lowest BCUT2D eigenvalue weighted by Gasteiger charge is -2.08. The summed E-state index contributed by atoms with van der Waals surface area (Å²) >= 11 is 0. The van der Waals surface area contributed by atoms with E-state index >= 15 is 0 Å². The Morgan fingerprint density at radius 2 is 2.11 bits per heavy atom. The van der Waals surface area contributed by atoms with Gasteiger partial charge in [-0.05, 0) is 25.1 Å². The van der Waals surface area contributed by atoms with Gasteiger partial charge in [0.1, 0.15) is 11.1 Å². The maximum absolute atomic E-state index is 13.4. The van der Waals surface area contributed by atoms with E-state index in [0.29, 0.717) is 0 Å². The zero-order valence-electron chi connectivity index (χ0n) is 9.55. The SMILES string of the molecule is CC(C(=O)O)S(=O)Cc1cc(C(N)=O)ccc1F. The molecule has 1 amide bonds. The first-order valence-electron chi connectivity index (χ1n) is 5.01. The highest BCUT2D eigenvalue weighted by Crippen LogP contribution is 2.14. The Morgan fingerprint density at radius 3 is 2.61 bits per heavy atom. The molecule has 0 fully saturated rings. The number of primary amides is 1. The molecule has 3 N–H and O–H groups in total. The monoisotopic (exact) mass is 273 g/mol. The van der Waals surface area contributed by atoms with Gasteiger partial charge in [-0.3, -0.25) is 13.8 Å². The van der Waals surface area contributed by atoms with Crippen molar-refractivity contribution >= 4 is 22.7 Å². The summed E-state index contributed by atoms with van der Waals surface area (Å²) < 4.78 is 25.1. The maximum Gasteiger partial charge on any atom is 0.318 e. The van der Waals surface area contributed by atoms with E-state index in [1.54, 1.807) is 0 Å². The van der Waals surface area contributed by atoms with Gasteiger partial charge in [0.15, 0.2) is 0 Å². The summed E-state index contributed by atoms with van der Waals surface area (Å²) in [5, 5.41) is 7.57. The van der Waals surface area contributed by atoms with Gasteiger partial charge in [-0.25, -0.2) is 4.39 Å². The molecule has 5 nitrogen and oxygen atoms in total. The van der Waals surface area contributed by atoms with Crippen molar-refractivity contribution < 1.29 is 23.3 Å². The molecule has 0 radical (unpaired) electrons. The number of carbonyl (C=O) groups is 2. The first kappa shape index (κ1) is 14.3. The van der Waals surface area contributed by atoms with Crippen LogP contribution in [-0.4, -0.2) is 26.4 Å². The van der Waals surface area contributed by atoms with Gasteiger partial charge in [-0.1, -0.05) is 0 Å². The Morgan fingerprint density at radius 1 is 1.50 bits per heavy atom. The van der Waals surface area contributed by atoms with Crippen molar-refractivity contribution in [1.29, 1.82) is 0 Å². The summed E-state index contributed by atoms with van der Waals surface area (Å²) in [5.74, 6) is -2.88. The lowest BCUT2D eigenvalue weighted by molar-refractivity contribution is -0.136. The van der Waals surface area contributed by atoms with Gasteiger partial charge in [0.05, 0.1) is 5.75 Å². The predicted molar refractivity (Wildman–Crippen MR) is 63.9 cm³/mol. The summed E-state index contributed by atoms with van der Waals surface area (Å²) in [7, 11) is -1.77. The lowest BCUT2D eigenvalue weighted by Crippen LogP contribution is -2.23. The largest absolute Gasteiger partial charge is 0.480 e. The average Bonchev–Trinajstić information content (AvgIpc) is 2.30. The fourth-order valence-electron chi connectivity index (χ4n) is 1.23. The molecule has 2 atom stereocenters. The molecule has 0 saturated heterocycles. The molecular weight excluding hydrogens is 261 g/mol. The number of aliphatic carboxylic acids is 1. The Kier molecular flexibility index (Phi) is 4.55. The topological polar surface area (TPSA) is 97.5 Å². The molecule has 0 aliphatic heterocycles. The van der Waals surface area contributed by atoms with Crippen LogP contribution in [0.5, 0.6) is 0 Å². The van der Waals surface area contributed by atoms with E-state index in [2.05, 4.69) is 0 Å². The maximum atomic E-state index is 13.4. The first-order valence-corrected chi connectivity index (χ1v) is 6.39. The first-order chi connectivity index (χ1) is 8.32. The normalized spacial score (nSPS) is 13.9. The van der Waals surface area contributed by atoms with E-state index in [9.17, 15) is 18.2 Å². The van der Waals surface area contributed by atoms with Crippen molar-refractivity contribution in [3.63, 3.8) is 0 Å². The van der Waals surface area contributed by atoms with Crippen molar-refractivity contribution in [1.82, 2.24) is 0 Å². The van der Waals surface area contributed by atoms with Gasteiger partial charge >= 0.3 is 5.97 Å². The number of carboxylic acids is 1.